The van der Waals surface area contributed by atoms with Crippen LogP contribution in [0.1, 0.15) is 24.2 Å². The zero-order valence-corrected chi connectivity index (χ0v) is 13.5. The van der Waals surface area contributed by atoms with E-state index in [2.05, 4.69) is 34.4 Å². The van der Waals surface area contributed by atoms with Gasteiger partial charge in [0.15, 0.2) is 0 Å². The first-order valence-corrected chi connectivity index (χ1v) is 7.93. The average Bonchev–Trinajstić information content (AvgIpc) is 2.54. The third-order valence-electron chi connectivity index (χ3n) is 3.53. The second-order valence-electron chi connectivity index (χ2n) is 5.92. The number of hydrogen-bond donors (Lipinski definition) is 2. The van der Waals surface area contributed by atoms with E-state index in [0.29, 0.717) is 18.0 Å². The van der Waals surface area contributed by atoms with Crippen LogP contribution in [0.3, 0.4) is 0 Å². The fourth-order valence-electron chi connectivity index (χ4n) is 2.20. The van der Waals surface area contributed by atoms with Gasteiger partial charge in [-0.3, -0.25) is 9.69 Å². The largest absolute Gasteiger partial charge is 0.379 e. The van der Waals surface area contributed by atoms with Gasteiger partial charge >= 0.3 is 0 Å². The zero-order valence-electron chi connectivity index (χ0n) is 13.5. The van der Waals surface area contributed by atoms with Gasteiger partial charge in [0.25, 0.3) is 5.91 Å². The van der Waals surface area contributed by atoms with Crippen molar-refractivity contribution in [2.75, 3.05) is 51.3 Å². The van der Waals surface area contributed by atoms with Gasteiger partial charge in [-0.25, -0.2) is 4.98 Å². The van der Waals surface area contributed by atoms with Gasteiger partial charge in [-0.15, -0.1) is 0 Å². The number of rotatable bonds is 7. The lowest BCUT2D eigenvalue weighted by Gasteiger charge is -2.26. The first-order valence-electron chi connectivity index (χ1n) is 7.93. The summed E-state index contributed by atoms with van der Waals surface area (Å²) in [5, 5.41) is 6.17. The third kappa shape index (κ3) is 5.61. The van der Waals surface area contributed by atoms with Crippen molar-refractivity contribution < 1.29 is 9.53 Å². The molecule has 0 bridgehead atoms. The minimum atomic E-state index is -0.0730. The minimum absolute atomic E-state index is 0.0730. The molecule has 2 rings (SSSR count). The van der Waals surface area contributed by atoms with E-state index in [9.17, 15) is 4.79 Å². The van der Waals surface area contributed by atoms with Gasteiger partial charge < -0.3 is 15.4 Å². The first-order chi connectivity index (χ1) is 10.6. The molecule has 22 heavy (non-hydrogen) atoms. The topological polar surface area (TPSA) is 66.5 Å². The van der Waals surface area contributed by atoms with Gasteiger partial charge in [0.05, 0.1) is 18.8 Å². The van der Waals surface area contributed by atoms with Crippen molar-refractivity contribution in [3.05, 3.63) is 23.9 Å². The van der Waals surface area contributed by atoms with Gasteiger partial charge in [0.2, 0.25) is 0 Å². The highest BCUT2D eigenvalue weighted by Crippen LogP contribution is 2.06. The van der Waals surface area contributed by atoms with Gasteiger partial charge in [0, 0.05) is 38.9 Å². The summed E-state index contributed by atoms with van der Waals surface area (Å²) in [6, 6.07) is 3.65. The monoisotopic (exact) mass is 306 g/mol. The molecule has 1 aliphatic heterocycles. The standard InChI is InChI=1S/C16H26N4O2/c1-13(2)11-18-15-4-3-14(12-19-15)16(21)17-5-6-20-7-9-22-10-8-20/h3-4,12-13H,5-11H2,1-2H3,(H,17,21)(H,18,19). The van der Waals surface area contributed by atoms with Crippen LogP contribution < -0.4 is 10.6 Å². The Bertz CT molecular complexity index is 456. The highest BCUT2D eigenvalue weighted by Gasteiger charge is 2.11. The van der Waals surface area contributed by atoms with E-state index in [1.165, 1.54) is 0 Å². The van der Waals surface area contributed by atoms with E-state index in [4.69, 9.17) is 4.74 Å². The Morgan fingerprint density at radius 3 is 2.77 bits per heavy atom. The molecule has 0 aliphatic carbocycles. The molecule has 2 heterocycles. The molecule has 0 atom stereocenters. The Labute approximate surface area is 132 Å². The predicted octanol–water partition coefficient (Wildman–Crippen LogP) is 1.21. The van der Waals surface area contributed by atoms with Crippen LogP contribution in [0.4, 0.5) is 5.82 Å². The molecular formula is C16H26N4O2. The molecule has 0 spiro atoms. The maximum absolute atomic E-state index is 12.0. The van der Waals surface area contributed by atoms with Crippen LogP contribution in [-0.2, 0) is 4.74 Å². The lowest BCUT2D eigenvalue weighted by Crippen LogP contribution is -2.41. The van der Waals surface area contributed by atoms with Crippen molar-refractivity contribution in [1.82, 2.24) is 15.2 Å². The van der Waals surface area contributed by atoms with Crippen molar-refractivity contribution in [2.24, 2.45) is 5.92 Å². The summed E-state index contributed by atoms with van der Waals surface area (Å²) < 4.78 is 5.30. The molecule has 0 radical (unpaired) electrons. The van der Waals surface area contributed by atoms with E-state index < -0.39 is 0 Å². The van der Waals surface area contributed by atoms with Gasteiger partial charge in [-0.05, 0) is 18.1 Å². The van der Waals surface area contributed by atoms with Crippen LogP contribution in [0.15, 0.2) is 18.3 Å². The van der Waals surface area contributed by atoms with Gasteiger partial charge in [-0.2, -0.15) is 0 Å². The molecule has 1 aromatic rings. The Morgan fingerprint density at radius 1 is 1.36 bits per heavy atom. The highest BCUT2D eigenvalue weighted by atomic mass is 16.5. The van der Waals surface area contributed by atoms with Crippen molar-refractivity contribution in [2.45, 2.75) is 13.8 Å². The maximum atomic E-state index is 12.0. The van der Waals surface area contributed by atoms with Crippen LogP contribution in [0.25, 0.3) is 0 Å². The Morgan fingerprint density at radius 2 is 2.14 bits per heavy atom. The Balaban J connectivity index is 1.72. The lowest BCUT2D eigenvalue weighted by atomic mass is 10.2. The quantitative estimate of drug-likeness (QED) is 0.793. The average molecular weight is 306 g/mol. The minimum Gasteiger partial charge on any atom is -0.379 e. The molecular weight excluding hydrogens is 280 g/mol. The van der Waals surface area contributed by atoms with E-state index >= 15 is 0 Å². The summed E-state index contributed by atoms with van der Waals surface area (Å²) in [7, 11) is 0. The van der Waals surface area contributed by atoms with E-state index in [-0.39, 0.29) is 5.91 Å². The first kappa shape index (κ1) is 16.7. The zero-order chi connectivity index (χ0) is 15.8. The number of amides is 1. The fourth-order valence-corrected chi connectivity index (χ4v) is 2.20. The summed E-state index contributed by atoms with van der Waals surface area (Å²) in [5.74, 6) is 1.29. The number of anilines is 1. The molecule has 1 fully saturated rings. The number of carbonyl (C=O) groups is 1. The van der Waals surface area contributed by atoms with Gasteiger partial charge in [-0.1, -0.05) is 13.8 Å². The molecule has 2 N–H and O–H groups in total. The molecule has 122 valence electrons. The normalized spacial score (nSPS) is 15.8. The molecule has 1 aliphatic rings. The molecule has 1 saturated heterocycles. The van der Waals surface area contributed by atoms with Crippen LogP contribution in [0.5, 0.6) is 0 Å². The third-order valence-corrected chi connectivity index (χ3v) is 3.53. The molecule has 6 nitrogen and oxygen atoms in total. The molecule has 1 aromatic heterocycles. The fraction of sp³-hybridized carbons (Fsp3) is 0.625. The summed E-state index contributed by atoms with van der Waals surface area (Å²) in [6.07, 6.45) is 1.62. The van der Waals surface area contributed by atoms with Crippen LogP contribution in [0.2, 0.25) is 0 Å². The number of carbonyl (C=O) groups excluding carboxylic acids is 1. The summed E-state index contributed by atoms with van der Waals surface area (Å²) in [6.45, 7) is 10.1. The second kappa shape index (κ2) is 8.70. The van der Waals surface area contributed by atoms with Gasteiger partial charge in [0.1, 0.15) is 5.82 Å². The number of morpholine rings is 1. The summed E-state index contributed by atoms with van der Waals surface area (Å²) in [4.78, 5) is 18.6. The Kier molecular flexibility index (Phi) is 6.61. The van der Waals surface area contributed by atoms with Crippen molar-refractivity contribution in [3.8, 4) is 0 Å². The van der Waals surface area contributed by atoms with Crippen molar-refractivity contribution >= 4 is 11.7 Å². The maximum Gasteiger partial charge on any atom is 0.252 e. The van der Waals surface area contributed by atoms with E-state index in [1.807, 2.05) is 6.07 Å². The van der Waals surface area contributed by atoms with Crippen molar-refractivity contribution in [3.63, 3.8) is 0 Å². The van der Waals surface area contributed by atoms with Crippen LogP contribution in [0, 0.1) is 5.92 Å². The number of pyridine rings is 1. The smallest absolute Gasteiger partial charge is 0.252 e. The number of aromatic nitrogens is 1. The Hall–Kier alpha value is -1.66. The van der Waals surface area contributed by atoms with E-state index in [0.717, 1.165) is 45.2 Å². The SMILES string of the molecule is CC(C)CNc1ccc(C(=O)NCCN2CCOCC2)cn1. The van der Waals surface area contributed by atoms with E-state index in [1.54, 1.807) is 12.3 Å². The molecule has 0 saturated carbocycles. The van der Waals surface area contributed by atoms with Crippen LogP contribution >= 0.6 is 0 Å². The summed E-state index contributed by atoms with van der Waals surface area (Å²) >= 11 is 0. The predicted molar refractivity (Wildman–Crippen MR) is 87.2 cm³/mol. The summed E-state index contributed by atoms with van der Waals surface area (Å²) in [5.41, 5.74) is 0.595. The molecule has 0 aromatic carbocycles. The number of hydrogen-bond acceptors (Lipinski definition) is 5. The number of nitrogens with one attached hydrogen (secondary N) is 2. The molecule has 6 heteroatoms. The second-order valence-corrected chi connectivity index (χ2v) is 5.92. The molecule has 1 amide bonds. The number of nitrogens with zero attached hydrogens (tertiary/aromatic N) is 2. The van der Waals surface area contributed by atoms with Crippen LogP contribution in [-0.4, -0.2) is 61.7 Å². The number of ether oxygens (including phenoxy) is 1. The highest BCUT2D eigenvalue weighted by molar-refractivity contribution is 5.94. The van der Waals surface area contributed by atoms with Crippen molar-refractivity contribution in [1.29, 1.82) is 0 Å². The molecule has 0 unspecified atom stereocenters. The lowest BCUT2D eigenvalue weighted by molar-refractivity contribution is 0.0383.